The molecule has 3 nitrogen and oxygen atoms in total. The molecule has 12 rings (SSSR count). The molecule has 0 saturated carbocycles. The monoisotopic (exact) mass is 1050 g/mol. The van der Waals surface area contributed by atoms with Gasteiger partial charge in [0.05, 0.1) is 11.1 Å². The van der Waals surface area contributed by atoms with Crippen molar-refractivity contribution in [2.75, 3.05) is 9.80 Å². The fourth-order valence-corrected chi connectivity index (χ4v) is 11.9. The van der Waals surface area contributed by atoms with Crippen molar-refractivity contribution in [1.82, 2.24) is 0 Å². The van der Waals surface area contributed by atoms with Crippen molar-refractivity contribution in [3.63, 3.8) is 0 Å². The summed E-state index contributed by atoms with van der Waals surface area (Å²) in [6.45, 7) is 27.4. The summed E-state index contributed by atoms with van der Waals surface area (Å²) in [5.74, 6) is 0. The summed E-state index contributed by atoms with van der Waals surface area (Å²) >= 11 is 0. The number of nitrogens with zero attached hydrogens (tertiary/aromatic N) is 2. The van der Waals surface area contributed by atoms with E-state index in [1.165, 1.54) is 33.0 Å². The number of hydrogen-bond acceptors (Lipinski definition) is 3. The van der Waals surface area contributed by atoms with E-state index in [1.807, 2.05) is 0 Å². The highest BCUT2D eigenvalue weighted by molar-refractivity contribution is 6.28. The van der Waals surface area contributed by atoms with E-state index in [1.54, 1.807) is 0 Å². The fourth-order valence-electron chi connectivity index (χ4n) is 11.9. The first kappa shape index (κ1) is 53.0. The Balaban J connectivity index is 1.19. The first-order valence-electron chi connectivity index (χ1n) is 28.8. The number of rotatable bonds is 9. The molecule has 0 fully saturated rings. The zero-order chi connectivity index (χ0) is 56.6. The predicted molar refractivity (Wildman–Crippen MR) is 349 cm³/mol. The maximum Gasteiger partial charge on any atom is 0.146 e. The Labute approximate surface area is 480 Å². The molecule has 0 N–H and O–H groups in total. The summed E-state index contributed by atoms with van der Waals surface area (Å²) in [5, 5.41) is 6.78. The maximum absolute atomic E-state index is 7.52. The summed E-state index contributed by atoms with van der Waals surface area (Å²) < 4.78 is 7.52. The standard InChI is InChI=1S/C78H74N2O/c1-75(2,3)53-31-39-57(40-32-53)79(58-41-33-54(34-42-58)76(4,5)6)61-47-48-64-67(49-61)62-27-19-20-28-63(62)72(70(64)52-25-17-14-18-26-52)73-66(51-23-15-13-16-24-51)50-68(71-65-29-21-22-30-69(65)81-74(71)73)80(59-43-35-55(36-44-59)77(7,8)9)60-45-37-56(38-46-60)78(10,11)12/h13-50H,1-12H3. The van der Waals surface area contributed by atoms with E-state index < -0.39 is 0 Å². The molecule has 0 saturated heterocycles. The van der Waals surface area contributed by atoms with Crippen molar-refractivity contribution >= 4 is 77.6 Å². The zero-order valence-electron chi connectivity index (χ0n) is 49.2. The Bertz CT molecular complexity index is 4140. The number of fused-ring (bicyclic) bond motifs is 6. The van der Waals surface area contributed by atoms with Crippen LogP contribution < -0.4 is 9.80 Å². The van der Waals surface area contributed by atoms with Crippen LogP contribution >= 0.6 is 0 Å². The van der Waals surface area contributed by atoms with Crippen LogP contribution in [0, 0.1) is 0 Å². The number of anilines is 6. The van der Waals surface area contributed by atoms with Gasteiger partial charge in [0, 0.05) is 45.0 Å². The van der Waals surface area contributed by atoms with Crippen LogP contribution in [0.1, 0.15) is 105 Å². The van der Waals surface area contributed by atoms with Crippen LogP contribution in [0.15, 0.2) is 235 Å². The van der Waals surface area contributed by atoms with E-state index in [-0.39, 0.29) is 21.7 Å². The number of furan rings is 1. The van der Waals surface area contributed by atoms with Crippen LogP contribution in [0.2, 0.25) is 0 Å². The first-order valence-corrected chi connectivity index (χ1v) is 28.8. The lowest BCUT2D eigenvalue weighted by atomic mass is 9.81. The van der Waals surface area contributed by atoms with Crippen molar-refractivity contribution in [3.8, 4) is 33.4 Å². The minimum atomic E-state index is -0.00928. The lowest BCUT2D eigenvalue weighted by Gasteiger charge is -2.30. The van der Waals surface area contributed by atoms with E-state index >= 15 is 0 Å². The molecule has 402 valence electrons. The van der Waals surface area contributed by atoms with Crippen molar-refractivity contribution < 1.29 is 4.42 Å². The van der Waals surface area contributed by atoms with Crippen LogP contribution in [-0.4, -0.2) is 0 Å². The molecule has 3 heteroatoms. The van der Waals surface area contributed by atoms with E-state index in [0.717, 1.165) is 100 Å². The Hall–Kier alpha value is -8.66. The lowest BCUT2D eigenvalue weighted by Crippen LogP contribution is -2.15. The molecular weight excluding hydrogens is 981 g/mol. The molecule has 12 aromatic rings. The van der Waals surface area contributed by atoms with Gasteiger partial charge in [-0.1, -0.05) is 241 Å². The molecule has 0 spiro atoms. The van der Waals surface area contributed by atoms with Gasteiger partial charge < -0.3 is 14.2 Å². The third-order valence-corrected chi connectivity index (χ3v) is 16.5. The van der Waals surface area contributed by atoms with Crippen LogP contribution in [0.5, 0.6) is 0 Å². The minimum absolute atomic E-state index is 0.00928. The van der Waals surface area contributed by atoms with Gasteiger partial charge in [-0.3, -0.25) is 0 Å². The molecular formula is C78H74N2O. The zero-order valence-corrected chi connectivity index (χ0v) is 49.2. The summed E-state index contributed by atoms with van der Waals surface area (Å²) in [5.41, 5.74) is 20.1. The Morgan fingerprint density at radius 1 is 0.284 bits per heavy atom. The highest BCUT2D eigenvalue weighted by Gasteiger charge is 2.30. The van der Waals surface area contributed by atoms with Gasteiger partial charge in [0.15, 0.2) is 0 Å². The number of hydrogen-bond donors (Lipinski definition) is 0. The van der Waals surface area contributed by atoms with Crippen molar-refractivity contribution in [2.45, 2.75) is 105 Å². The van der Waals surface area contributed by atoms with Gasteiger partial charge in [0.2, 0.25) is 0 Å². The van der Waals surface area contributed by atoms with Gasteiger partial charge >= 0.3 is 0 Å². The summed E-state index contributed by atoms with van der Waals surface area (Å²) in [6, 6.07) is 85.9. The molecule has 1 heterocycles. The van der Waals surface area contributed by atoms with E-state index in [4.69, 9.17) is 4.42 Å². The second kappa shape index (κ2) is 20.2. The van der Waals surface area contributed by atoms with Gasteiger partial charge in [-0.2, -0.15) is 0 Å². The molecule has 0 aliphatic heterocycles. The molecule has 11 aromatic carbocycles. The number of para-hydroxylation sites is 1. The summed E-state index contributed by atoms with van der Waals surface area (Å²) in [7, 11) is 0. The predicted octanol–water partition coefficient (Wildman–Crippen LogP) is 23.0. The Kier molecular flexibility index (Phi) is 13.2. The average Bonchev–Trinajstić information content (AvgIpc) is 3.94. The van der Waals surface area contributed by atoms with Crippen molar-refractivity contribution in [2.24, 2.45) is 0 Å². The van der Waals surface area contributed by atoms with Crippen LogP contribution in [0.3, 0.4) is 0 Å². The third kappa shape index (κ3) is 9.88. The highest BCUT2D eigenvalue weighted by Crippen LogP contribution is 2.55. The topological polar surface area (TPSA) is 19.6 Å². The molecule has 0 unspecified atom stereocenters. The largest absolute Gasteiger partial charge is 0.455 e. The molecule has 0 bridgehead atoms. The molecule has 0 atom stereocenters. The molecule has 81 heavy (non-hydrogen) atoms. The highest BCUT2D eigenvalue weighted by atomic mass is 16.3. The average molecular weight is 1060 g/mol. The second-order valence-electron chi connectivity index (χ2n) is 26.2. The SMILES string of the molecule is CC(C)(C)c1ccc(N(c2ccc(C(C)(C)C)cc2)c2ccc3c(-c4ccccc4)c(-c4c(-c5ccccc5)cc(N(c5ccc(C(C)(C)C)cc5)c5ccc(C(C)(C)C)cc5)c5c4oc4ccccc45)c4ccccc4c3c2)cc1. The van der Waals surface area contributed by atoms with E-state index in [2.05, 4.69) is 323 Å². The normalized spacial score (nSPS) is 12.4. The van der Waals surface area contributed by atoms with Crippen LogP contribution in [0.4, 0.5) is 34.1 Å². The first-order chi connectivity index (χ1) is 38.7. The molecule has 0 radical (unpaired) electrons. The lowest BCUT2D eigenvalue weighted by molar-refractivity contribution is 0.590. The smallest absolute Gasteiger partial charge is 0.146 e. The van der Waals surface area contributed by atoms with Crippen LogP contribution in [0.25, 0.3) is 76.9 Å². The van der Waals surface area contributed by atoms with Crippen LogP contribution in [-0.2, 0) is 21.7 Å². The molecule has 1 aromatic heterocycles. The van der Waals surface area contributed by atoms with E-state index in [9.17, 15) is 0 Å². The third-order valence-electron chi connectivity index (χ3n) is 16.5. The van der Waals surface area contributed by atoms with Gasteiger partial charge in [-0.05, 0) is 161 Å². The van der Waals surface area contributed by atoms with Crippen molar-refractivity contribution in [3.05, 3.63) is 253 Å². The second-order valence-corrected chi connectivity index (χ2v) is 26.2. The molecule has 0 aliphatic rings. The van der Waals surface area contributed by atoms with Gasteiger partial charge in [-0.15, -0.1) is 0 Å². The number of benzene rings is 11. The minimum Gasteiger partial charge on any atom is -0.455 e. The Morgan fingerprint density at radius 2 is 0.667 bits per heavy atom. The quantitative estimate of drug-likeness (QED) is 0.134. The Morgan fingerprint density at radius 3 is 1.14 bits per heavy atom. The van der Waals surface area contributed by atoms with Gasteiger partial charge in [0.25, 0.3) is 0 Å². The summed E-state index contributed by atoms with van der Waals surface area (Å²) in [6.07, 6.45) is 0. The molecule has 0 aliphatic carbocycles. The van der Waals surface area contributed by atoms with Crippen molar-refractivity contribution in [1.29, 1.82) is 0 Å². The van der Waals surface area contributed by atoms with Gasteiger partial charge in [-0.25, -0.2) is 0 Å². The summed E-state index contributed by atoms with van der Waals surface area (Å²) in [4.78, 5) is 4.88. The maximum atomic E-state index is 7.52. The molecule has 0 amide bonds. The fraction of sp³-hybridized carbons (Fsp3) is 0.205. The van der Waals surface area contributed by atoms with E-state index in [0.29, 0.717) is 0 Å². The van der Waals surface area contributed by atoms with Gasteiger partial charge in [0.1, 0.15) is 11.2 Å².